The van der Waals surface area contributed by atoms with Crippen molar-refractivity contribution in [2.75, 3.05) is 13.2 Å². The largest absolute Gasteiger partial charge is 0.396 e. The van der Waals surface area contributed by atoms with Crippen LogP contribution in [-0.2, 0) is 6.54 Å². The molecule has 1 aliphatic rings. The molecule has 1 aliphatic heterocycles. The molecule has 1 saturated heterocycles. The standard InChI is InChI=1S/C20H29N3O/c1-16(2)20-17(14-22-12-6-10-18(22)11-7-13-24)15-23(21-20)19-8-4-3-5-9-19/h3-5,8-9,15-16,18,24H,6-7,10-14H2,1-2H3. The zero-order chi connectivity index (χ0) is 16.9. The van der Waals surface area contributed by atoms with Crippen LogP contribution in [0.4, 0.5) is 0 Å². The summed E-state index contributed by atoms with van der Waals surface area (Å²) in [6.45, 7) is 6.86. The molecule has 1 aromatic carbocycles. The predicted octanol–water partition coefficient (Wildman–Crippen LogP) is 3.73. The molecule has 3 rings (SSSR count). The number of benzene rings is 1. The van der Waals surface area contributed by atoms with Crippen LogP contribution in [-0.4, -0.2) is 39.0 Å². The van der Waals surface area contributed by atoms with Crippen molar-refractivity contribution < 1.29 is 5.11 Å². The first-order chi connectivity index (χ1) is 11.7. The minimum Gasteiger partial charge on any atom is -0.396 e. The average molecular weight is 327 g/mol. The van der Waals surface area contributed by atoms with E-state index in [9.17, 15) is 0 Å². The summed E-state index contributed by atoms with van der Waals surface area (Å²) in [6.07, 6.45) is 6.72. The van der Waals surface area contributed by atoms with Crippen molar-refractivity contribution in [2.45, 2.75) is 58.0 Å². The average Bonchev–Trinajstić information content (AvgIpc) is 3.21. The second-order valence-electron chi connectivity index (χ2n) is 7.11. The van der Waals surface area contributed by atoms with Crippen LogP contribution in [0.3, 0.4) is 0 Å². The van der Waals surface area contributed by atoms with Crippen molar-refractivity contribution in [3.63, 3.8) is 0 Å². The third-order valence-electron chi connectivity index (χ3n) is 4.96. The quantitative estimate of drug-likeness (QED) is 0.842. The highest BCUT2D eigenvalue weighted by atomic mass is 16.2. The lowest BCUT2D eigenvalue weighted by molar-refractivity contribution is 0.209. The second-order valence-corrected chi connectivity index (χ2v) is 7.11. The monoisotopic (exact) mass is 327 g/mol. The van der Waals surface area contributed by atoms with Gasteiger partial charge < -0.3 is 5.11 Å². The lowest BCUT2D eigenvalue weighted by Crippen LogP contribution is -2.29. The van der Waals surface area contributed by atoms with Crippen LogP contribution in [0.1, 0.15) is 56.7 Å². The molecule has 4 heteroatoms. The zero-order valence-corrected chi connectivity index (χ0v) is 14.9. The highest BCUT2D eigenvalue weighted by Crippen LogP contribution is 2.27. The van der Waals surface area contributed by atoms with E-state index in [0.717, 1.165) is 31.6 Å². The number of aliphatic hydroxyl groups excluding tert-OH is 1. The van der Waals surface area contributed by atoms with E-state index in [4.69, 9.17) is 10.2 Å². The fourth-order valence-corrected chi connectivity index (χ4v) is 3.72. The summed E-state index contributed by atoms with van der Waals surface area (Å²) in [5.41, 5.74) is 3.65. The maximum Gasteiger partial charge on any atom is 0.0699 e. The van der Waals surface area contributed by atoms with Crippen LogP contribution in [0.5, 0.6) is 0 Å². The number of hydrogen-bond donors (Lipinski definition) is 1. The van der Waals surface area contributed by atoms with E-state index in [0.29, 0.717) is 18.6 Å². The number of nitrogens with zero attached hydrogens (tertiary/aromatic N) is 3. The van der Waals surface area contributed by atoms with Crippen LogP contribution in [0, 0.1) is 0 Å². The molecule has 1 aromatic heterocycles. The maximum atomic E-state index is 9.12. The molecule has 1 fully saturated rings. The second kappa shape index (κ2) is 7.95. The molecular formula is C20H29N3O. The van der Waals surface area contributed by atoms with Crippen LogP contribution in [0.25, 0.3) is 5.69 Å². The molecule has 2 aromatic rings. The highest BCUT2D eigenvalue weighted by molar-refractivity contribution is 5.33. The van der Waals surface area contributed by atoms with Gasteiger partial charge in [0.15, 0.2) is 0 Å². The van der Waals surface area contributed by atoms with E-state index in [1.165, 1.54) is 24.1 Å². The van der Waals surface area contributed by atoms with Gasteiger partial charge in [-0.25, -0.2) is 4.68 Å². The Morgan fingerprint density at radius 3 is 2.75 bits per heavy atom. The van der Waals surface area contributed by atoms with Crippen LogP contribution in [0.2, 0.25) is 0 Å². The van der Waals surface area contributed by atoms with Gasteiger partial charge in [-0.1, -0.05) is 32.0 Å². The molecule has 0 saturated carbocycles. The number of rotatable bonds is 7. The van der Waals surface area contributed by atoms with Gasteiger partial charge in [0.1, 0.15) is 0 Å². The van der Waals surface area contributed by atoms with E-state index >= 15 is 0 Å². The number of likely N-dealkylation sites (tertiary alicyclic amines) is 1. The molecule has 0 aliphatic carbocycles. The summed E-state index contributed by atoms with van der Waals surface area (Å²) in [4.78, 5) is 2.58. The summed E-state index contributed by atoms with van der Waals surface area (Å²) < 4.78 is 2.02. The molecular weight excluding hydrogens is 298 g/mol. The Balaban J connectivity index is 1.80. The van der Waals surface area contributed by atoms with Crippen LogP contribution < -0.4 is 0 Å². The molecule has 0 radical (unpaired) electrons. The normalized spacial score (nSPS) is 18.6. The Bertz CT molecular complexity index is 636. The van der Waals surface area contributed by atoms with Crippen molar-refractivity contribution in [3.05, 3.63) is 47.8 Å². The van der Waals surface area contributed by atoms with Gasteiger partial charge in [0.2, 0.25) is 0 Å². The zero-order valence-electron chi connectivity index (χ0n) is 14.9. The summed E-state index contributed by atoms with van der Waals surface area (Å²) in [6, 6.07) is 10.9. The maximum absolute atomic E-state index is 9.12. The molecule has 2 heterocycles. The summed E-state index contributed by atoms with van der Waals surface area (Å²) in [5, 5.41) is 14.0. The number of hydrogen-bond acceptors (Lipinski definition) is 3. The van der Waals surface area contributed by atoms with Crippen molar-refractivity contribution in [1.29, 1.82) is 0 Å². The summed E-state index contributed by atoms with van der Waals surface area (Å²) in [7, 11) is 0. The fourth-order valence-electron chi connectivity index (χ4n) is 3.72. The molecule has 0 bridgehead atoms. The molecule has 4 nitrogen and oxygen atoms in total. The Morgan fingerprint density at radius 2 is 2.04 bits per heavy atom. The van der Waals surface area contributed by atoms with E-state index < -0.39 is 0 Å². The summed E-state index contributed by atoms with van der Waals surface area (Å²) >= 11 is 0. The van der Waals surface area contributed by atoms with Crippen molar-refractivity contribution in [1.82, 2.24) is 14.7 Å². The Morgan fingerprint density at radius 1 is 1.25 bits per heavy atom. The third kappa shape index (κ3) is 3.87. The predicted molar refractivity (Wildman–Crippen MR) is 97.4 cm³/mol. The lowest BCUT2D eigenvalue weighted by Gasteiger charge is -2.24. The number of aliphatic hydroxyl groups is 1. The smallest absolute Gasteiger partial charge is 0.0699 e. The first-order valence-corrected chi connectivity index (χ1v) is 9.18. The molecule has 0 amide bonds. The first-order valence-electron chi connectivity index (χ1n) is 9.18. The van der Waals surface area contributed by atoms with Gasteiger partial charge in [-0.2, -0.15) is 5.10 Å². The van der Waals surface area contributed by atoms with Gasteiger partial charge in [0.25, 0.3) is 0 Å². The molecule has 1 atom stereocenters. The molecule has 0 spiro atoms. The van der Waals surface area contributed by atoms with Gasteiger partial charge in [0, 0.05) is 31.0 Å². The highest BCUT2D eigenvalue weighted by Gasteiger charge is 2.26. The first kappa shape index (κ1) is 17.2. The topological polar surface area (TPSA) is 41.3 Å². The summed E-state index contributed by atoms with van der Waals surface area (Å²) in [5.74, 6) is 0.420. The van der Waals surface area contributed by atoms with Crippen LogP contribution >= 0.6 is 0 Å². The third-order valence-corrected chi connectivity index (χ3v) is 4.96. The van der Waals surface area contributed by atoms with E-state index in [1.807, 2.05) is 10.7 Å². The van der Waals surface area contributed by atoms with Gasteiger partial charge >= 0.3 is 0 Å². The Hall–Kier alpha value is -1.65. The van der Waals surface area contributed by atoms with E-state index in [2.05, 4.69) is 49.2 Å². The van der Waals surface area contributed by atoms with Crippen molar-refractivity contribution >= 4 is 0 Å². The van der Waals surface area contributed by atoms with Crippen molar-refractivity contribution in [3.8, 4) is 5.69 Å². The molecule has 1 unspecified atom stereocenters. The minimum atomic E-state index is 0.299. The van der Waals surface area contributed by atoms with E-state index in [-0.39, 0.29) is 0 Å². The molecule has 24 heavy (non-hydrogen) atoms. The fraction of sp³-hybridized carbons (Fsp3) is 0.550. The van der Waals surface area contributed by atoms with Gasteiger partial charge in [0.05, 0.1) is 11.4 Å². The Labute approximate surface area is 145 Å². The van der Waals surface area contributed by atoms with Crippen LogP contribution in [0.15, 0.2) is 36.5 Å². The van der Waals surface area contributed by atoms with Gasteiger partial charge in [-0.15, -0.1) is 0 Å². The van der Waals surface area contributed by atoms with Crippen molar-refractivity contribution in [2.24, 2.45) is 0 Å². The minimum absolute atomic E-state index is 0.299. The Kier molecular flexibility index (Phi) is 5.69. The molecule has 1 N–H and O–H groups in total. The van der Waals surface area contributed by atoms with E-state index in [1.54, 1.807) is 0 Å². The number of para-hydroxylation sites is 1. The lowest BCUT2D eigenvalue weighted by atomic mass is 10.0. The molecule has 130 valence electrons. The van der Waals surface area contributed by atoms with Gasteiger partial charge in [-0.05, 0) is 50.3 Å². The number of aromatic nitrogens is 2. The SMILES string of the molecule is CC(C)c1nn(-c2ccccc2)cc1CN1CCCC1CCCO. The van der Waals surface area contributed by atoms with Gasteiger partial charge in [-0.3, -0.25) is 4.90 Å².